The number of benzene rings is 6. The van der Waals surface area contributed by atoms with Crippen molar-refractivity contribution in [3.63, 3.8) is 0 Å². The monoisotopic (exact) mass is 434 g/mol. The molecule has 0 aliphatic heterocycles. The highest BCUT2D eigenvalue weighted by Gasteiger charge is 2.14. The number of rotatable bonds is 2. The van der Waals surface area contributed by atoms with Crippen molar-refractivity contribution < 1.29 is 4.42 Å². The molecule has 0 amide bonds. The van der Waals surface area contributed by atoms with Gasteiger partial charge in [-0.2, -0.15) is 0 Å². The standard InChI is InChI=1S/C33H22O/c1-21-8-6-14-29-30-15-7-13-26(33(30)34-32(21)29)22-16-18-23(19-17-22)31-20-24-9-2-3-10-25(24)27-11-4-5-12-28(27)31/h2-20H,1H3. The van der Waals surface area contributed by atoms with Crippen LogP contribution in [0.4, 0.5) is 0 Å². The Labute approximate surface area is 197 Å². The van der Waals surface area contributed by atoms with Crippen molar-refractivity contribution in [3.05, 3.63) is 121 Å². The average Bonchev–Trinajstić information content (AvgIpc) is 3.29. The van der Waals surface area contributed by atoms with Crippen molar-refractivity contribution in [2.75, 3.05) is 0 Å². The summed E-state index contributed by atoms with van der Waals surface area (Å²) < 4.78 is 6.39. The van der Waals surface area contributed by atoms with Gasteiger partial charge in [0, 0.05) is 16.3 Å². The molecule has 160 valence electrons. The van der Waals surface area contributed by atoms with Crippen LogP contribution in [-0.4, -0.2) is 0 Å². The predicted molar refractivity (Wildman–Crippen MR) is 144 cm³/mol. The van der Waals surface area contributed by atoms with Gasteiger partial charge < -0.3 is 4.42 Å². The van der Waals surface area contributed by atoms with Gasteiger partial charge in [-0.25, -0.2) is 0 Å². The van der Waals surface area contributed by atoms with E-state index in [9.17, 15) is 0 Å². The van der Waals surface area contributed by atoms with Crippen LogP contribution in [0.5, 0.6) is 0 Å². The van der Waals surface area contributed by atoms with Crippen LogP contribution in [0.15, 0.2) is 120 Å². The highest BCUT2D eigenvalue weighted by atomic mass is 16.3. The van der Waals surface area contributed by atoms with Crippen LogP contribution in [0.3, 0.4) is 0 Å². The van der Waals surface area contributed by atoms with E-state index in [0.717, 1.165) is 27.9 Å². The summed E-state index contributed by atoms with van der Waals surface area (Å²) >= 11 is 0. The van der Waals surface area contributed by atoms with E-state index in [1.54, 1.807) is 0 Å². The highest BCUT2D eigenvalue weighted by molar-refractivity contribution is 6.14. The van der Waals surface area contributed by atoms with E-state index in [2.05, 4.69) is 122 Å². The molecule has 0 spiro atoms. The predicted octanol–water partition coefficient (Wildman–Crippen LogP) is 9.53. The number of para-hydroxylation sites is 2. The Balaban J connectivity index is 1.40. The molecule has 7 aromatic rings. The smallest absolute Gasteiger partial charge is 0.143 e. The van der Waals surface area contributed by atoms with Crippen LogP contribution < -0.4 is 0 Å². The Morgan fingerprint density at radius 1 is 0.441 bits per heavy atom. The molecule has 0 radical (unpaired) electrons. The van der Waals surface area contributed by atoms with Crippen molar-refractivity contribution in [2.45, 2.75) is 6.92 Å². The Kier molecular flexibility index (Phi) is 4.13. The minimum Gasteiger partial charge on any atom is -0.455 e. The SMILES string of the molecule is Cc1cccc2c1oc1c(-c3ccc(-c4cc5ccccc5c5ccccc45)cc3)cccc12. The van der Waals surface area contributed by atoms with E-state index in [1.807, 2.05) is 0 Å². The van der Waals surface area contributed by atoms with Crippen LogP contribution >= 0.6 is 0 Å². The summed E-state index contributed by atoms with van der Waals surface area (Å²) in [4.78, 5) is 0. The fourth-order valence-corrected chi connectivity index (χ4v) is 5.31. The molecule has 0 aliphatic carbocycles. The second-order valence-corrected chi connectivity index (χ2v) is 9.00. The number of furan rings is 1. The van der Waals surface area contributed by atoms with Crippen LogP contribution in [0.1, 0.15) is 5.56 Å². The lowest BCUT2D eigenvalue weighted by Crippen LogP contribution is -1.85. The molecular formula is C33H22O. The van der Waals surface area contributed by atoms with E-state index in [0.29, 0.717) is 0 Å². The van der Waals surface area contributed by atoms with Gasteiger partial charge in [0.2, 0.25) is 0 Å². The number of hydrogen-bond donors (Lipinski definition) is 0. The summed E-state index contributed by atoms with van der Waals surface area (Å²) in [6, 6.07) is 41.3. The molecule has 0 saturated heterocycles. The van der Waals surface area contributed by atoms with Crippen molar-refractivity contribution in [2.24, 2.45) is 0 Å². The van der Waals surface area contributed by atoms with E-state index in [1.165, 1.54) is 43.4 Å². The molecule has 1 aromatic heterocycles. The fraction of sp³-hybridized carbons (Fsp3) is 0.0303. The first-order valence-corrected chi connectivity index (χ1v) is 11.7. The first-order valence-electron chi connectivity index (χ1n) is 11.7. The maximum Gasteiger partial charge on any atom is 0.143 e. The molecule has 7 rings (SSSR count). The third-order valence-electron chi connectivity index (χ3n) is 7.00. The molecule has 6 aromatic carbocycles. The summed E-state index contributed by atoms with van der Waals surface area (Å²) in [6.07, 6.45) is 0. The van der Waals surface area contributed by atoms with Crippen molar-refractivity contribution >= 4 is 43.5 Å². The largest absolute Gasteiger partial charge is 0.455 e. The minimum absolute atomic E-state index is 0.954. The molecule has 0 aliphatic rings. The molecule has 34 heavy (non-hydrogen) atoms. The van der Waals surface area contributed by atoms with Crippen LogP contribution in [0.2, 0.25) is 0 Å². The zero-order valence-electron chi connectivity index (χ0n) is 18.9. The zero-order valence-corrected chi connectivity index (χ0v) is 18.9. The Hall–Kier alpha value is -4.36. The lowest BCUT2D eigenvalue weighted by atomic mass is 9.92. The topological polar surface area (TPSA) is 13.1 Å². The molecule has 0 fully saturated rings. The van der Waals surface area contributed by atoms with Crippen LogP contribution in [0.25, 0.3) is 65.7 Å². The Morgan fingerprint density at radius 2 is 1.03 bits per heavy atom. The lowest BCUT2D eigenvalue weighted by Gasteiger charge is -2.12. The molecule has 1 nitrogen and oxygen atoms in total. The maximum atomic E-state index is 6.39. The molecule has 0 saturated carbocycles. The third kappa shape index (κ3) is 2.80. The van der Waals surface area contributed by atoms with Gasteiger partial charge in [0.25, 0.3) is 0 Å². The number of fused-ring (bicyclic) bond motifs is 6. The van der Waals surface area contributed by atoms with E-state index in [4.69, 9.17) is 4.42 Å². The summed E-state index contributed by atoms with van der Waals surface area (Å²) in [6.45, 7) is 2.10. The lowest BCUT2D eigenvalue weighted by molar-refractivity contribution is 0.667. The Bertz CT molecular complexity index is 1850. The highest BCUT2D eigenvalue weighted by Crippen LogP contribution is 2.39. The zero-order chi connectivity index (χ0) is 22.6. The second kappa shape index (κ2) is 7.33. The quantitative estimate of drug-likeness (QED) is 0.247. The average molecular weight is 435 g/mol. The number of hydrogen-bond acceptors (Lipinski definition) is 1. The van der Waals surface area contributed by atoms with Gasteiger partial charge in [-0.15, -0.1) is 0 Å². The van der Waals surface area contributed by atoms with Gasteiger partial charge in [0.05, 0.1) is 0 Å². The summed E-state index contributed by atoms with van der Waals surface area (Å²) in [5, 5.41) is 7.48. The van der Waals surface area contributed by atoms with Gasteiger partial charge in [0.1, 0.15) is 11.2 Å². The van der Waals surface area contributed by atoms with Crippen LogP contribution in [-0.2, 0) is 0 Å². The van der Waals surface area contributed by atoms with Crippen molar-refractivity contribution in [1.29, 1.82) is 0 Å². The van der Waals surface area contributed by atoms with E-state index < -0.39 is 0 Å². The Morgan fingerprint density at radius 3 is 1.82 bits per heavy atom. The molecule has 0 unspecified atom stereocenters. The molecule has 0 atom stereocenters. The first-order chi connectivity index (χ1) is 16.8. The van der Waals surface area contributed by atoms with Crippen LogP contribution in [0, 0.1) is 6.92 Å². The van der Waals surface area contributed by atoms with Crippen molar-refractivity contribution in [1.82, 2.24) is 0 Å². The van der Waals surface area contributed by atoms with Gasteiger partial charge in [-0.1, -0.05) is 109 Å². The second-order valence-electron chi connectivity index (χ2n) is 9.00. The van der Waals surface area contributed by atoms with Crippen molar-refractivity contribution in [3.8, 4) is 22.3 Å². The number of aryl methyl sites for hydroxylation is 1. The minimum atomic E-state index is 0.954. The molecular weight excluding hydrogens is 412 g/mol. The van der Waals surface area contributed by atoms with E-state index in [-0.39, 0.29) is 0 Å². The maximum absolute atomic E-state index is 6.39. The fourth-order valence-electron chi connectivity index (χ4n) is 5.31. The molecule has 0 bridgehead atoms. The van der Waals surface area contributed by atoms with Gasteiger partial charge >= 0.3 is 0 Å². The van der Waals surface area contributed by atoms with E-state index >= 15 is 0 Å². The van der Waals surface area contributed by atoms with Gasteiger partial charge in [0.15, 0.2) is 0 Å². The van der Waals surface area contributed by atoms with Gasteiger partial charge in [-0.3, -0.25) is 0 Å². The third-order valence-corrected chi connectivity index (χ3v) is 7.00. The molecule has 1 heterocycles. The summed E-state index contributed by atoms with van der Waals surface area (Å²) in [5.74, 6) is 0. The van der Waals surface area contributed by atoms with Gasteiger partial charge in [-0.05, 0) is 56.8 Å². The molecule has 0 N–H and O–H groups in total. The normalized spacial score (nSPS) is 11.7. The first kappa shape index (κ1) is 19.1. The summed E-state index contributed by atoms with van der Waals surface area (Å²) in [7, 11) is 0. The molecule has 1 heteroatoms. The summed E-state index contributed by atoms with van der Waals surface area (Å²) in [5.41, 5.74) is 7.87.